The van der Waals surface area contributed by atoms with Crippen molar-refractivity contribution in [1.82, 2.24) is 4.90 Å². The summed E-state index contributed by atoms with van der Waals surface area (Å²) in [6, 6.07) is 0. The van der Waals surface area contributed by atoms with E-state index in [1.165, 1.54) is 31.0 Å². The summed E-state index contributed by atoms with van der Waals surface area (Å²) in [5.41, 5.74) is 10.5. The van der Waals surface area contributed by atoms with Crippen molar-refractivity contribution in [3.63, 3.8) is 0 Å². The van der Waals surface area contributed by atoms with Crippen molar-refractivity contribution in [3.05, 3.63) is 0 Å². The number of nitrogens with zero attached hydrogens (tertiary/aromatic N) is 2. The zero-order valence-electron chi connectivity index (χ0n) is 7.91. The lowest BCUT2D eigenvalue weighted by atomic mass is 10.4. The monoisotopic (exact) mass is 202 g/mol. The van der Waals surface area contributed by atoms with E-state index in [1.807, 2.05) is 11.8 Å². The lowest BCUT2D eigenvalue weighted by Crippen LogP contribution is -2.30. The van der Waals surface area contributed by atoms with Gasteiger partial charge in [-0.3, -0.25) is 4.99 Å². The fourth-order valence-corrected chi connectivity index (χ4v) is 2.27. The lowest BCUT2D eigenvalue weighted by Gasteiger charge is -2.17. The van der Waals surface area contributed by atoms with Crippen LogP contribution in [0, 0.1) is 0 Å². The van der Waals surface area contributed by atoms with E-state index in [-0.39, 0.29) is 5.96 Å². The van der Waals surface area contributed by atoms with Crippen molar-refractivity contribution in [1.29, 1.82) is 0 Å². The highest BCUT2D eigenvalue weighted by molar-refractivity contribution is 7.99. The van der Waals surface area contributed by atoms with Gasteiger partial charge in [0.1, 0.15) is 0 Å². The molecule has 1 heterocycles. The lowest BCUT2D eigenvalue weighted by molar-refractivity contribution is 0.304. The number of hydrogen-bond acceptors (Lipinski definition) is 3. The summed E-state index contributed by atoms with van der Waals surface area (Å²) in [6.07, 6.45) is 1.28. The molecule has 0 radical (unpaired) electrons. The van der Waals surface area contributed by atoms with Gasteiger partial charge >= 0.3 is 0 Å². The number of nitrogens with two attached hydrogens (primary N) is 2. The van der Waals surface area contributed by atoms with E-state index in [4.69, 9.17) is 11.5 Å². The summed E-state index contributed by atoms with van der Waals surface area (Å²) in [7, 11) is 0. The first-order valence-corrected chi connectivity index (χ1v) is 5.80. The quantitative estimate of drug-likeness (QED) is 0.487. The van der Waals surface area contributed by atoms with Crippen molar-refractivity contribution in [2.45, 2.75) is 6.42 Å². The molecule has 0 aromatic heterocycles. The molecule has 1 fully saturated rings. The summed E-state index contributed by atoms with van der Waals surface area (Å²) < 4.78 is 0. The Morgan fingerprint density at radius 2 is 2.15 bits per heavy atom. The van der Waals surface area contributed by atoms with Gasteiger partial charge in [0.25, 0.3) is 0 Å². The van der Waals surface area contributed by atoms with Crippen LogP contribution in [0.5, 0.6) is 0 Å². The number of thioether (sulfide) groups is 1. The number of hydrogen-bond donors (Lipinski definition) is 2. The predicted octanol–water partition coefficient (Wildman–Crippen LogP) is -0.301. The fourth-order valence-electron chi connectivity index (χ4n) is 1.34. The second-order valence-corrected chi connectivity index (χ2v) is 4.34. The van der Waals surface area contributed by atoms with E-state index in [1.54, 1.807) is 0 Å². The third-order valence-corrected chi connectivity index (χ3v) is 3.07. The van der Waals surface area contributed by atoms with Crippen molar-refractivity contribution in [2.24, 2.45) is 16.5 Å². The first kappa shape index (κ1) is 10.7. The summed E-state index contributed by atoms with van der Waals surface area (Å²) in [5.74, 6) is 2.73. The minimum absolute atomic E-state index is 0.198. The van der Waals surface area contributed by atoms with Crippen LogP contribution in [-0.2, 0) is 0 Å². The Kier molecular flexibility index (Phi) is 5.00. The van der Waals surface area contributed by atoms with Crippen LogP contribution >= 0.6 is 11.8 Å². The third kappa shape index (κ3) is 5.00. The molecule has 4 N–H and O–H groups in total. The van der Waals surface area contributed by atoms with Crippen LogP contribution in [0.2, 0.25) is 0 Å². The van der Waals surface area contributed by atoms with Gasteiger partial charge in [-0.2, -0.15) is 11.8 Å². The normalized spacial score (nSPS) is 19.4. The average molecular weight is 202 g/mol. The van der Waals surface area contributed by atoms with Crippen LogP contribution in [0.15, 0.2) is 4.99 Å². The molecule has 0 amide bonds. The van der Waals surface area contributed by atoms with Gasteiger partial charge in [0.2, 0.25) is 0 Å². The molecule has 0 spiro atoms. The van der Waals surface area contributed by atoms with E-state index in [0.29, 0.717) is 0 Å². The number of guanidine groups is 1. The van der Waals surface area contributed by atoms with Crippen molar-refractivity contribution >= 4 is 17.7 Å². The van der Waals surface area contributed by atoms with Crippen molar-refractivity contribution in [3.8, 4) is 0 Å². The summed E-state index contributed by atoms with van der Waals surface area (Å²) in [6.45, 7) is 4.07. The zero-order valence-corrected chi connectivity index (χ0v) is 8.72. The highest BCUT2D eigenvalue weighted by atomic mass is 32.2. The molecule has 0 aromatic rings. The maximum Gasteiger partial charge on any atom is 0.185 e. The molecule has 0 bridgehead atoms. The van der Waals surface area contributed by atoms with Gasteiger partial charge in [-0.1, -0.05) is 0 Å². The van der Waals surface area contributed by atoms with E-state index in [9.17, 15) is 0 Å². The Hall–Kier alpha value is -0.420. The molecule has 5 heteroatoms. The standard InChI is InChI=1S/C8H18N4S/c9-8(10)11-2-4-12-3-1-6-13-7-5-12/h1-7H2,(H4,9,10,11). The van der Waals surface area contributed by atoms with Crippen LogP contribution < -0.4 is 11.5 Å². The highest BCUT2D eigenvalue weighted by Crippen LogP contribution is 2.09. The Bertz CT molecular complexity index is 160. The van der Waals surface area contributed by atoms with Crippen molar-refractivity contribution < 1.29 is 0 Å². The number of aliphatic imine (C=N–C) groups is 1. The summed E-state index contributed by atoms with van der Waals surface area (Å²) in [4.78, 5) is 6.40. The Labute approximate surface area is 83.7 Å². The molecule has 0 saturated carbocycles. The first-order chi connectivity index (χ1) is 6.29. The second kappa shape index (κ2) is 6.10. The van der Waals surface area contributed by atoms with Gasteiger partial charge in [0, 0.05) is 18.8 Å². The summed E-state index contributed by atoms with van der Waals surface area (Å²) >= 11 is 2.03. The Morgan fingerprint density at radius 3 is 2.92 bits per heavy atom. The van der Waals surface area contributed by atoms with E-state index < -0.39 is 0 Å². The Morgan fingerprint density at radius 1 is 1.31 bits per heavy atom. The number of rotatable bonds is 3. The Balaban J connectivity index is 2.15. The van der Waals surface area contributed by atoms with Gasteiger partial charge in [-0.15, -0.1) is 0 Å². The van der Waals surface area contributed by atoms with Gasteiger partial charge < -0.3 is 16.4 Å². The van der Waals surface area contributed by atoms with Gasteiger partial charge in [-0.25, -0.2) is 0 Å². The molecule has 1 aliphatic rings. The molecular weight excluding hydrogens is 184 g/mol. The van der Waals surface area contributed by atoms with Crippen LogP contribution in [0.25, 0.3) is 0 Å². The maximum absolute atomic E-state index is 5.24. The third-order valence-electron chi connectivity index (χ3n) is 2.03. The maximum atomic E-state index is 5.24. The molecule has 1 rings (SSSR count). The molecule has 4 nitrogen and oxygen atoms in total. The smallest absolute Gasteiger partial charge is 0.185 e. The molecule has 0 aliphatic carbocycles. The van der Waals surface area contributed by atoms with E-state index >= 15 is 0 Å². The van der Waals surface area contributed by atoms with Gasteiger partial charge in [0.05, 0.1) is 6.54 Å². The van der Waals surface area contributed by atoms with Crippen LogP contribution in [0.3, 0.4) is 0 Å². The van der Waals surface area contributed by atoms with E-state index in [2.05, 4.69) is 9.89 Å². The molecule has 1 aliphatic heterocycles. The largest absolute Gasteiger partial charge is 0.370 e. The molecule has 76 valence electrons. The molecule has 0 atom stereocenters. The first-order valence-electron chi connectivity index (χ1n) is 4.64. The highest BCUT2D eigenvalue weighted by Gasteiger charge is 2.07. The predicted molar refractivity (Wildman–Crippen MR) is 59.1 cm³/mol. The van der Waals surface area contributed by atoms with Crippen molar-refractivity contribution in [2.75, 3.05) is 37.7 Å². The minimum atomic E-state index is 0.198. The van der Waals surface area contributed by atoms with Crippen LogP contribution in [-0.4, -0.2) is 48.5 Å². The van der Waals surface area contributed by atoms with Gasteiger partial charge in [-0.05, 0) is 18.7 Å². The SMILES string of the molecule is NC(N)=NCCN1CCCSCC1. The van der Waals surface area contributed by atoms with E-state index in [0.717, 1.165) is 13.1 Å². The zero-order chi connectivity index (χ0) is 9.52. The van der Waals surface area contributed by atoms with Crippen LogP contribution in [0.4, 0.5) is 0 Å². The molecule has 1 saturated heterocycles. The minimum Gasteiger partial charge on any atom is -0.370 e. The topological polar surface area (TPSA) is 67.6 Å². The van der Waals surface area contributed by atoms with Crippen LogP contribution in [0.1, 0.15) is 6.42 Å². The van der Waals surface area contributed by atoms with Gasteiger partial charge in [0.15, 0.2) is 5.96 Å². The molecule has 0 aromatic carbocycles. The molecular formula is C8H18N4S. The summed E-state index contributed by atoms with van der Waals surface area (Å²) in [5, 5.41) is 0. The molecule has 13 heavy (non-hydrogen) atoms. The average Bonchev–Trinajstić information content (AvgIpc) is 2.32. The molecule has 0 unspecified atom stereocenters. The second-order valence-electron chi connectivity index (χ2n) is 3.11. The fraction of sp³-hybridized carbons (Fsp3) is 0.875.